The second-order valence-corrected chi connectivity index (χ2v) is 6.37. The molecule has 4 aromatic rings. The van der Waals surface area contributed by atoms with Crippen LogP contribution in [0.4, 0.5) is 10.2 Å². The van der Waals surface area contributed by atoms with Gasteiger partial charge in [-0.3, -0.25) is 4.68 Å². The smallest absolute Gasteiger partial charge is 0.130 e. The van der Waals surface area contributed by atoms with E-state index in [-0.39, 0.29) is 5.82 Å². The van der Waals surface area contributed by atoms with Gasteiger partial charge in [-0.2, -0.15) is 5.10 Å². The number of anilines is 1. The Kier molecular flexibility index (Phi) is 4.42. The molecule has 2 heterocycles. The van der Waals surface area contributed by atoms with Crippen molar-refractivity contribution in [1.82, 2.24) is 14.8 Å². The van der Waals surface area contributed by atoms with Crippen LogP contribution in [-0.4, -0.2) is 14.8 Å². The average molecular weight is 358 g/mol. The molecule has 2 aromatic carbocycles. The van der Waals surface area contributed by atoms with Crippen LogP contribution in [0.5, 0.6) is 0 Å². The van der Waals surface area contributed by atoms with Gasteiger partial charge in [-0.1, -0.05) is 30.3 Å². The topological polar surface area (TPSA) is 42.7 Å². The Hall–Kier alpha value is -3.47. The minimum Gasteiger partial charge on any atom is -0.340 e. The van der Waals surface area contributed by atoms with Crippen LogP contribution >= 0.6 is 0 Å². The summed E-state index contributed by atoms with van der Waals surface area (Å²) in [4.78, 5) is 4.50. The highest BCUT2D eigenvalue weighted by Gasteiger charge is 2.06. The molecule has 0 radical (unpaired) electrons. The second-order valence-electron chi connectivity index (χ2n) is 6.37. The molecule has 134 valence electrons. The highest BCUT2D eigenvalue weighted by atomic mass is 19.1. The van der Waals surface area contributed by atoms with Crippen molar-refractivity contribution in [2.75, 3.05) is 5.32 Å². The fourth-order valence-corrected chi connectivity index (χ4v) is 3.04. The summed E-state index contributed by atoms with van der Waals surface area (Å²) < 4.78 is 15.0. The summed E-state index contributed by atoms with van der Waals surface area (Å²) in [5, 5.41) is 9.72. The van der Waals surface area contributed by atoms with Gasteiger partial charge in [0, 0.05) is 36.1 Å². The lowest BCUT2D eigenvalue weighted by Crippen LogP contribution is -2.00. The van der Waals surface area contributed by atoms with Gasteiger partial charge >= 0.3 is 0 Å². The first-order chi connectivity index (χ1) is 13.1. The van der Waals surface area contributed by atoms with Gasteiger partial charge in [0.2, 0.25) is 0 Å². The van der Waals surface area contributed by atoms with E-state index in [4.69, 9.17) is 0 Å². The zero-order chi connectivity index (χ0) is 18.8. The molecule has 0 aliphatic rings. The number of halogens is 1. The Morgan fingerprint density at radius 2 is 1.81 bits per heavy atom. The number of benzene rings is 2. The van der Waals surface area contributed by atoms with Crippen LogP contribution in [0.25, 0.3) is 27.6 Å². The lowest BCUT2D eigenvalue weighted by molar-refractivity contribution is 0.627. The van der Waals surface area contributed by atoms with Crippen LogP contribution in [0, 0.1) is 5.82 Å². The summed E-state index contributed by atoms with van der Waals surface area (Å²) >= 11 is 0. The maximum absolute atomic E-state index is 13.2. The lowest BCUT2D eigenvalue weighted by Gasteiger charge is -2.11. The van der Waals surface area contributed by atoms with Crippen molar-refractivity contribution < 1.29 is 4.39 Å². The third-order valence-electron chi connectivity index (χ3n) is 4.47. The van der Waals surface area contributed by atoms with E-state index in [9.17, 15) is 4.39 Å². The van der Waals surface area contributed by atoms with Crippen molar-refractivity contribution >= 4 is 22.3 Å². The molecule has 0 atom stereocenters. The van der Waals surface area contributed by atoms with Gasteiger partial charge in [0.25, 0.3) is 0 Å². The molecule has 0 saturated heterocycles. The monoisotopic (exact) mass is 358 g/mol. The maximum Gasteiger partial charge on any atom is 0.130 e. The van der Waals surface area contributed by atoms with Gasteiger partial charge < -0.3 is 5.32 Å². The fraction of sp³-hybridized carbons (Fsp3) is 0.0909. The summed E-state index contributed by atoms with van der Waals surface area (Å²) in [6.07, 6.45) is 7.65. The summed E-state index contributed by atoms with van der Waals surface area (Å²) in [6.45, 7) is 1.94. The SMILES string of the molecule is C/C=C(/Nc1cc2cc(-c3cnn(C)c3)ccc2cn1)c1ccc(F)cc1. The molecule has 27 heavy (non-hydrogen) atoms. The molecule has 1 N–H and O–H groups in total. The van der Waals surface area contributed by atoms with E-state index in [0.29, 0.717) is 0 Å². The average Bonchev–Trinajstić information content (AvgIpc) is 3.12. The highest BCUT2D eigenvalue weighted by molar-refractivity contribution is 5.89. The zero-order valence-electron chi connectivity index (χ0n) is 15.1. The molecule has 0 bridgehead atoms. The lowest BCUT2D eigenvalue weighted by atomic mass is 10.0. The van der Waals surface area contributed by atoms with E-state index in [2.05, 4.69) is 33.6 Å². The van der Waals surface area contributed by atoms with E-state index in [1.807, 2.05) is 44.7 Å². The van der Waals surface area contributed by atoms with Gasteiger partial charge in [-0.25, -0.2) is 9.37 Å². The largest absolute Gasteiger partial charge is 0.340 e. The number of aryl methyl sites for hydroxylation is 1. The molecule has 0 saturated carbocycles. The van der Waals surface area contributed by atoms with Crippen LogP contribution < -0.4 is 5.32 Å². The third-order valence-corrected chi connectivity index (χ3v) is 4.47. The van der Waals surface area contributed by atoms with Gasteiger partial charge in [0.15, 0.2) is 0 Å². The standard InChI is InChI=1S/C22H19FN4/c1-3-21(15-6-8-20(23)9-7-15)26-22-11-18-10-16(4-5-17(18)12-24-22)19-13-25-27(2)14-19/h3-14H,1-2H3,(H,24,26)/b21-3+. The molecule has 0 amide bonds. The van der Waals surface area contributed by atoms with Crippen molar-refractivity contribution in [3.05, 3.63) is 84.6 Å². The molecule has 4 nitrogen and oxygen atoms in total. The number of allylic oxidation sites excluding steroid dienone is 1. The van der Waals surface area contributed by atoms with Gasteiger partial charge in [0.05, 0.1) is 6.20 Å². The molecule has 4 rings (SSSR count). The molecule has 0 fully saturated rings. The van der Waals surface area contributed by atoms with Crippen molar-refractivity contribution in [3.8, 4) is 11.1 Å². The molecule has 2 aromatic heterocycles. The Morgan fingerprint density at radius 1 is 1.00 bits per heavy atom. The summed E-state index contributed by atoms with van der Waals surface area (Å²) in [7, 11) is 1.91. The summed E-state index contributed by atoms with van der Waals surface area (Å²) in [5.41, 5.74) is 3.97. The summed E-state index contributed by atoms with van der Waals surface area (Å²) in [6, 6.07) is 14.7. The van der Waals surface area contributed by atoms with Crippen LogP contribution in [-0.2, 0) is 7.05 Å². The number of nitrogens with one attached hydrogen (secondary N) is 1. The Morgan fingerprint density at radius 3 is 2.52 bits per heavy atom. The number of pyridine rings is 1. The normalized spacial score (nSPS) is 11.7. The first-order valence-corrected chi connectivity index (χ1v) is 8.70. The van der Waals surface area contributed by atoms with Crippen molar-refractivity contribution in [2.45, 2.75) is 6.92 Å². The number of hydrogen-bond acceptors (Lipinski definition) is 3. The van der Waals surface area contributed by atoms with E-state index in [1.54, 1.807) is 16.8 Å². The Balaban J connectivity index is 1.66. The van der Waals surface area contributed by atoms with Crippen molar-refractivity contribution in [3.63, 3.8) is 0 Å². The molecular weight excluding hydrogens is 339 g/mol. The molecule has 0 aliphatic heterocycles. The minimum absolute atomic E-state index is 0.249. The number of aromatic nitrogens is 3. The van der Waals surface area contributed by atoms with Crippen LogP contribution in [0.2, 0.25) is 0 Å². The number of hydrogen-bond donors (Lipinski definition) is 1. The Labute approximate surface area is 157 Å². The van der Waals surface area contributed by atoms with Crippen LogP contribution in [0.3, 0.4) is 0 Å². The molecule has 5 heteroatoms. The fourth-order valence-electron chi connectivity index (χ4n) is 3.04. The van der Waals surface area contributed by atoms with Crippen LogP contribution in [0.1, 0.15) is 12.5 Å². The molecule has 0 spiro atoms. The van der Waals surface area contributed by atoms with Gasteiger partial charge in [-0.15, -0.1) is 0 Å². The quantitative estimate of drug-likeness (QED) is 0.542. The maximum atomic E-state index is 13.2. The molecule has 0 aliphatic carbocycles. The highest BCUT2D eigenvalue weighted by Crippen LogP contribution is 2.26. The number of nitrogens with zero attached hydrogens (tertiary/aromatic N) is 3. The first-order valence-electron chi connectivity index (χ1n) is 8.70. The van der Waals surface area contributed by atoms with Crippen molar-refractivity contribution in [2.24, 2.45) is 7.05 Å². The van der Waals surface area contributed by atoms with Gasteiger partial charge in [0.1, 0.15) is 11.6 Å². The van der Waals surface area contributed by atoms with Crippen LogP contribution in [0.15, 0.2) is 73.2 Å². The third kappa shape index (κ3) is 3.58. The number of rotatable bonds is 4. The minimum atomic E-state index is -0.249. The molecule has 0 unspecified atom stereocenters. The van der Waals surface area contributed by atoms with E-state index in [1.165, 1.54) is 12.1 Å². The van der Waals surface area contributed by atoms with E-state index in [0.717, 1.165) is 39.0 Å². The first kappa shape index (κ1) is 17.0. The zero-order valence-corrected chi connectivity index (χ0v) is 15.1. The Bertz CT molecular complexity index is 1130. The number of fused-ring (bicyclic) bond motifs is 1. The van der Waals surface area contributed by atoms with E-state index >= 15 is 0 Å². The predicted molar refractivity (Wildman–Crippen MR) is 108 cm³/mol. The predicted octanol–water partition coefficient (Wildman–Crippen LogP) is 5.25. The van der Waals surface area contributed by atoms with Gasteiger partial charge in [-0.05, 0) is 47.7 Å². The van der Waals surface area contributed by atoms with E-state index < -0.39 is 0 Å². The second kappa shape index (κ2) is 7.03. The van der Waals surface area contributed by atoms with Crippen molar-refractivity contribution in [1.29, 1.82) is 0 Å². The summed E-state index contributed by atoms with van der Waals surface area (Å²) in [5.74, 6) is 0.490. The molecular formula is C22H19FN4.